The van der Waals surface area contributed by atoms with Crippen LogP contribution in [0.1, 0.15) is 45.5 Å². The lowest BCUT2D eigenvalue weighted by atomic mass is 10.0. The molecule has 27 heavy (non-hydrogen) atoms. The van der Waals surface area contributed by atoms with Crippen molar-refractivity contribution in [2.45, 2.75) is 31.8 Å². The number of anilines is 1. The predicted molar refractivity (Wildman–Crippen MR) is 104 cm³/mol. The highest BCUT2D eigenvalue weighted by Crippen LogP contribution is 2.28. The van der Waals surface area contributed by atoms with Gasteiger partial charge >= 0.3 is 0 Å². The highest BCUT2D eigenvalue weighted by Gasteiger charge is 2.23. The zero-order valence-electron chi connectivity index (χ0n) is 15.3. The van der Waals surface area contributed by atoms with Crippen molar-refractivity contribution in [3.63, 3.8) is 0 Å². The molecule has 2 aromatic rings. The third kappa shape index (κ3) is 3.88. The zero-order chi connectivity index (χ0) is 18.6. The minimum Gasteiger partial charge on any atom is -0.376 e. The number of carbonyl (C=O) groups is 2. The van der Waals surface area contributed by atoms with E-state index in [0.717, 1.165) is 44.5 Å². The van der Waals surface area contributed by atoms with Crippen molar-refractivity contribution >= 4 is 17.5 Å². The zero-order valence-corrected chi connectivity index (χ0v) is 15.3. The number of fused-ring (bicyclic) bond motifs is 1. The second-order valence-electron chi connectivity index (χ2n) is 7.11. The largest absolute Gasteiger partial charge is 0.376 e. The van der Waals surface area contributed by atoms with Crippen molar-refractivity contribution in [3.8, 4) is 0 Å². The van der Waals surface area contributed by atoms with E-state index in [2.05, 4.69) is 11.4 Å². The van der Waals surface area contributed by atoms with Gasteiger partial charge in [0.05, 0.1) is 6.10 Å². The van der Waals surface area contributed by atoms with Crippen LogP contribution in [0.2, 0.25) is 0 Å². The van der Waals surface area contributed by atoms with Crippen LogP contribution >= 0.6 is 0 Å². The summed E-state index contributed by atoms with van der Waals surface area (Å²) in [5, 5.41) is 2.91. The lowest BCUT2D eigenvalue weighted by molar-refractivity contribution is 0.0857. The Morgan fingerprint density at radius 2 is 1.81 bits per heavy atom. The minimum atomic E-state index is -0.132. The van der Waals surface area contributed by atoms with Crippen LogP contribution in [0.25, 0.3) is 0 Å². The Balaban J connectivity index is 1.43. The third-order valence-corrected chi connectivity index (χ3v) is 5.26. The van der Waals surface area contributed by atoms with Gasteiger partial charge in [-0.25, -0.2) is 0 Å². The van der Waals surface area contributed by atoms with E-state index in [4.69, 9.17) is 4.74 Å². The third-order valence-electron chi connectivity index (χ3n) is 5.26. The number of ether oxygens (including phenoxy) is 1. The molecular weight excluding hydrogens is 340 g/mol. The normalized spacial score (nSPS) is 18.8. The highest BCUT2D eigenvalue weighted by atomic mass is 16.5. The molecule has 1 N–H and O–H groups in total. The molecule has 2 amide bonds. The summed E-state index contributed by atoms with van der Waals surface area (Å²) in [5.74, 6) is -0.152. The Hall–Kier alpha value is -2.66. The summed E-state index contributed by atoms with van der Waals surface area (Å²) in [6, 6.07) is 15.0. The van der Waals surface area contributed by atoms with Crippen LogP contribution in [0.5, 0.6) is 0 Å². The van der Waals surface area contributed by atoms with Crippen molar-refractivity contribution in [1.82, 2.24) is 5.32 Å². The topological polar surface area (TPSA) is 58.6 Å². The van der Waals surface area contributed by atoms with E-state index >= 15 is 0 Å². The number of hydrogen-bond acceptors (Lipinski definition) is 3. The maximum absolute atomic E-state index is 13.0. The van der Waals surface area contributed by atoms with Crippen LogP contribution in [0.4, 0.5) is 5.69 Å². The number of nitrogens with zero attached hydrogens (tertiary/aromatic N) is 1. The first kappa shape index (κ1) is 17.7. The summed E-state index contributed by atoms with van der Waals surface area (Å²) in [6.07, 6.45) is 4.13. The molecule has 1 unspecified atom stereocenters. The Morgan fingerprint density at radius 1 is 1.04 bits per heavy atom. The van der Waals surface area contributed by atoms with Gasteiger partial charge in [-0.3, -0.25) is 9.59 Å². The molecule has 0 saturated carbocycles. The molecule has 0 radical (unpaired) electrons. The van der Waals surface area contributed by atoms with Crippen LogP contribution in [-0.4, -0.2) is 37.6 Å². The first-order chi connectivity index (χ1) is 13.2. The number of carbonyl (C=O) groups excluding carboxylic acids is 2. The van der Waals surface area contributed by atoms with Crippen molar-refractivity contribution < 1.29 is 14.3 Å². The average Bonchev–Trinajstić information content (AvgIpc) is 3.25. The highest BCUT2D eigenvalue weighted by molar-refractivity contribution is 6.07. The van der Waals surface area contributed by atoms with Crippen LogP contribution in [0, 0.1) is 0 Å². The molecule has 2 aliphatic heterocycles. The van der Waals surface area contributed by atoms with E-state index in [1.54, 1.807) is 24.3 Å². The Labute approximate surface area is 159 Å². The quantitative estimate of drug-likeness (QED) is 0.906. The van der Waals surface area contributed by atoms with Gasteiger partial charge in [0.25, 0.3) is 11.8 Å². The summed E-state index contributed by atoms with van der Waals surface area (Å²) in [5.41, 5.74) is 3.36. The summed E-state index contributed by atoms with van der Waals surface area (Å²) in [4.78, 5) is 27.1. The molecule has 4 rings (SSSR count). The average molecular weight is 364 g/mol. The lowest BCUT2D eigenvalue weighted by Crippen LogP contribution is -2.35. The van der Waals surface area contributed by atoms with Gasteiger partial charge in [0.2, 0.25) is 0 Å². The standard InChI is InChI=1S/C22H24N2O3/c25-21(23-15-19-7-4-14-27-19)17-9-11-18(12-10-17)22(26)24-13-3-6-16-5-1-2-8-20(16)24/h1-2,5,8-12,19H,3-4,6-7,13-15H2,(H,23,25). The SMILES string of the molecule is O=C(NCC1CCCO1)c1ccc(C(=O)N2CCCc3ccccc32)cc1. The molecule has 0 aliphatic carbocycles. The van der Waals surface area contributed by atoms with Gasteiger partial charge in [0.1, 0.15) is 0 Å². The van der Waals surface area contributed by atoms with Crippen LogP contribution in [0.15, 0.2) is 48.5 Å². The van der Waals surface area contributed by atoms with Gasteiger partial charge in [0, 0.05) is 36.5 Å². The van der Waals surface area contributed by atoms with Crippen molar-refractivity contribution in [2.75, 3.05) is 24.6 Å². The molecule has 1 saturated heterocycles. The van der Waals surface area contributed by atoms with Gasteiger partial charge in [-0.2, -0.15) is 0 Å². The predicted octanol–water partition coefficient (Wildman–Crippen LogP) is 3.19. The smallest absolute Gasteiger partial charge is 0.258 e. The van der Waals surface area contributed by atoms with Crippen molar-refractivity contribution in [2.24, 2.45) is 0 Å². The molecule has 5 nitrogen and oxygen atoms in total. The molecule has 2 aromatic carbocycles. The summed E-state index contributed by atoms with van der Waals surface area (Å²) in [6.45, 7) is 2.03. The first-order valence-corrected chi connectivity index (χ1v) is 9.62. The van der Waals surface area contributed by atoms with Gasteiger partial charge in [-0.15, -0.1) is 0 Å². The lowest BCUT2D eigenvalue weighted by Gasteiger charge is -2.29. The van der Waals surface area contributed by atoms with Gasteiger partial charge in [0.15, 0.2) is 0 Å². The number of amides is 2. The second-order valence-corrected chi connectivity index (χ2v) is 7.11. The summed E-state index contributed by atoms with van der Waals surface area (Å²) >= 11 is 0. The molecule has 5 heteroatoms. The molecule has 0 bridgehead atoms. The van der Waals surface area contributed by atoms with Gasteiger partial charge < -0.3 is 15.0 Å². The van der Waals surface area contributed by atoms with Gasteiger partial charge in [-0.1, -0.05) is 18.2 Å². The molecule has 140 valence electrons. The molecular formula is C22H24N2O3. The van der Waals surface area contributed by atoms with E-state index in [-0.39, 0.29) is 17.9 Å². The minimum absolute atomic E-state index is 0.0199. The van der Waals surface area contributed by atoms with Gasteiger partial charge in [-0.05, 0) is 61.6 Å². The Bertz CT molecular complexity index is 826. The second kappa shape index (κ2) is 7.92. The maximum Gasteiger partial charge on any atom is 0.258 e. The maximum atomic E-state index is 13.0. The van der Waals surface area contributed by atoms with E-state index in [9.17, 15) is 9.59 Å². The monoisotopic (exact) mass is 364 g/mol. The molecule has 1 atom stereocenters. The summed E-state index contributed by atoms with van der Waals surface area (Å²) in [7, 11) is 0. The number of hydrogen-bond donors (Lipinski definition) is 1. The molecule has 2 heterocycles. The van der Waals surface area contributed by atoms with E-state index in [1.165, 1.54) is 5.56 Å². The fraction of sp³-hybridized carbons (Fsp3) is 0.364. The fourth-order valence-corrected chi connectivity index (χ4v) is 3.78. The number of para-hydroxylation sites is 1. The molecule has 0 aromatic heterocycles. The first-order valence-electron chi connectivity index (χ1n) is 9.62. The van der Waals surface area contributed by atoms with Crippen molar-refractivity contribution in [1.29, 1.82) is 0 Å². The van der Waals surface area contributed by atoms with Crippen molar-refractivity contribution in [3.05, 3.63) is 65.2 Å². The number of benzene rings is 2. The molecule has 2 aliphatic rings. The molecule has 1 fully saturated rings. The van der Waals surface area contributed by atoms with E-state index in [1.807, 2.05) is 23.1 Å². The molecule has 0 spiro atoms. The fourth-order valence-electron chi connectivity index (χ4n) is 3.78. The van der Waals surface area contributed by atoms with Crippen LogP contribution in [-0.2, 0) is 11.2 Å². The van der Waals surface area contributed by atoms with E-state index in [0.29, 0.717) is 17.7 Å². The number of nitrogens with one attached hydrogen (secondary N) is 1. The van der Waals surface area contributed by atoms with Crippen LogP contribution in [0.3, 0.4) is 0 Å². The van der Waals surface area contributed by atoms with Crippen LogP contribution < -0.4 is 10.2 Å². The number of aryl methyl sites for hydroxylation is 1. The summed E-state index contributed by atoms with van der Waals surface area (Å²) < 4.78 is 5.52. The van der Waals surface area contributed by atoms with E-state index < -0.39 is 0 Å². The Kier molecular flexibility index (Phi) is 5.21. The Morgan fingerprint density at radius 3 is 2.59 bits per heavy atom. The number of rotatable bonds is 4.